The first-order valence-corrected chi connectivity index (χ1v) is 7.23. The summed E-state index contributed by atoms with van der Waals surface area (Å²) in [5.74, 6) is -0.0227. The van der Waals surface area contributed by atoms with Gasteiger partial charge in [0.1, 0.15) is 6.07 Å². The van der Waals surface area contributed by atoms with Crippen LogP contribution in [-0.4, -0.2) is 29.9 Å². The second kappa shape index (κ2) is 7.06. The number of rotatable bonds is 4. The lowest BCUT2D eigenvalue weighted by Gasteiger charge is -2.33. The van der Waals surface area contributed by atoms with E-state index >= 15 is 0 Å². The fourth-order valence-corrected chi connectivity index (χ4v) is 2.64. The van der Waals surface area contributed by atoms with Crippen LogP contribution in [-0.2, 0) is 4.79 Å². The first-order valence-electron chi connectivity index (χ1n) is 7.23. The lowest BCUT2D eigenvalue weighted by atomic mass is 10.0. The Bertz CT molecular complexity index is 507. The third-order valence-corrected chi connectivity index (χ3v) is 3.89. The molecule has 1 aromatic carbocycles. The molecule has 1 aliphatic heterocycles. The molecule has 1 N–H and O–H groups in total. The van der Waals surface area contributed by atoms with Crippen LogP contribution in [0.25, 0.3) is 0 Å². The maximum Gasteiger partial charge on any atom is 0.225 e. The summed E-state index contributed by atoms with van der Waals surface area (Å²) in [7, 11) is 0. The Hall–Kier alpha value is -1.86. The zero-order chi connectivity index (χ0) is 14.4. The Morgan fingerprint density at radius 1 is 1.45 bits per heavy atom. The summed E-state index contributed by atoms with van der Waals surface area (Å²) in [4.78, 5) is 14.4. The SMILES string of the molecule is CC1CCCCN1CCC(=O)Nc1ccccc1C#N. The summed E-state index contributed by atoms with van der Waals surface area (Å²) in [6.07, 6.45) is 4.21. The summed E-state index contributed by atoms with van der Waals surface area (Å²) >= 11 is 0. The van der Waals surface area contributed by atoms with Gasteiger partial charge in [-0.05, 0) is 38.4 Å². The van der Waals surface area contributed by atoms with E-state index in [2.05, 4.69) is 23.2 Å². The smallest absolute Gasteiger partial charge is 0.225 e. The van der Waals surface area contributed by atoms with E-state index in [1.807, 2.05) is 6.07 Å². The quantitative estimate of drug-likeness (QED) is 0.916. The van der Waals surface area contributed by atoms with Crippen molar-refractivity contribution in [2.75, 3.05) is 18.4 Å². The topological polar surface area (TPSA) is 56.1 Å². The van der Waals surface area contributed by atoms with Crippen LogP contribution < -0.4 is 5.32 Å². The van der Waals surface area contributed by atoms with Crippen LogP contribution in [0.4, 0.5) is 5.69 Å². The highest BCUT2D eigenvalue weighted by Crippen LogP contribution is 2.17. The minimum Gasteiger partial charge on any atom is -0.325 e. The molecule has 1 aliphatic rings. The van der Waals surface area contributed by atoms with E-state index in [1.165, 1.54) is 19.3 Å². The molecule has 0 bridgehead atoms. The molecule has 1 fully saturated rings. The van der Waals surface area contributed by atoms with Gasteiger partial charge < -0.3 is 10.2 Å². The van der Waals surface area contributed by atoms with E-state index in [-0.39, 0.29) is 5.91 Å². The van der Waals surface area contributed by atoms with E-state index in [9.17, 15) is 4.79 Å². The highest BCUT2D eigenvalue weighted by atomic mass is 16.1. The molecule has 0 saturated carbocycles. The van der Waals surface area contributed by atoms with Gasteiger partial charge in [-0.15, -0.1) is 0 Å². The molecule has 1 atom stereocenters. The van der Waals surface area contributed by atoms with Crippen molar-refractivity contribution in [1.82, 2.24) is 4.90 Å². The minimum absolute atomic E-state index is 0.0227. The van der Waals surface area contributed by atoms with Crippen LogP contribution in [0.2, 0.25) is 0 Å². The van der Waals surface area contributed by atoms with Gasteiger partial charge in [0.2, 0.25) is 5.91 Å². The molecule has 1 amide bonds. The molecule has 0 aliphatic carbocycles. The van der Waals surface area contributed by atoms with Crippen LogP contribution in [0.5, 0.6) is 0 Å². The number of carbonyl (C=O) groups excluding carboxylic acids is 1. The van der Waals surface area contributed by atoms with Gasteiger partial charge in [0.05, 0.1) is 11.3 Å². The first kappa shape index (κ1) is 14.5. The monoisotopic (exact) mass is 271 g/mol. The molecule has 0 spiro atoms. The number of piperidine rings is 1. The van der Waals surface area contributed by atoms with Gasteiger partial charge in [0.15, 0.2) is 0 Å². The Kier molecular flexibility index (Phi) is 5.14. The lowest BCUT2D eigenvalue weighted by molar-refractivity contribution is -0.116. The number of nitrogens with one attached hydrogen (secondary N) is 1. The van der Waals surface area contributed by atoms with E-state index in [4.69, 9.17) is 5.26 Å². The zero-order valence-electron chi connectivity index (χ0n) is 11.9. The third-order valence-electron chi connectivity index (χ3n) is 3.89. The highest BCUT2D eigenvalue weighted by Gasteiger charge is 2.18. The predicted octanol–water partition coefficient (Wildman–Crippen LogP) is 2.76. The van der Waals surface area contributed by atoms with Crippen LogP contribution in [0.15, 0.2) is 24.3 Å². The lowest BCUT2D eigenvalue weighted by Crippen LogP contribution is -2.39. The van der Waals surface area contributed by atoms with Crippen molar-refractivity contribution in [3.05, 3.63) is 29.8 Å². The number of nitriles is 1. The summed E-state index contributed by atoms with van der Waals surface area (Å²) < 4.78 is 0. The third kappa shape index (κ3) is 3.82. The number of benzene rings is 1. The fraction of sp³-hybridized carbons (Fsp3) is 0.500. The number of para-hydroxylation sites is 1. The minimum atomic E-state index is -0.0227. The van der Waals surface area contributed by atoms with Crippen LogP contribution in [0.3, 0.4) is 0 Å². The molecular formula is C16H21N3O. The number of nitrogens with zero attached hydrogens (tertiary/aromatic N) is 2. The van der Waals surface area contributed by atoms with Gasteiger partial charge in [-0.25, -0.2) is 0 Å². The molecule has 20 heavy (non-hydrogen) atoms. The highest BCUT2D eigenvalue weighted by molar-refractivity contribution is 5.92. The van der Waals surface area contributed by atoms with E-state index in [1.54, 1.807) is 18.2 Å². The van der Waals surface area contributed by atoms with E-state index < -0.39 is 0 Å². The zero-order valence-corrected chi connectivity index (χ0v) is 11.9. The Labute approximate surface area is 120 Å². The summed E-state index contributed by atoms with van der Waals surface area (Å²) in [5, 5.41) is 11.8. The molecule has 0 radical (unpaired) electrons. The van der Waals surface area contributed by atoms with E-state index in [0.717, 1.165) is 13.1 Å². The Morgan fingerprint density at radius 3 is 3.00 bits per heavy atom. The molecule has 106 valence electrons. The second-order valence-electron chi connectivity index (χ2n) is 5.34. The largest absolute Gasteiger partial charge is 0.325 e. The van der Waals surface area contributed by atoms with Gasteiger partial charge in [-0.2, -0.15) is 5.26 Å². The van der Waals surface area contributed by atoms with Crippen molar-refractivity contribution in [3.63, 3.8) is 0 Å². The molecule has 1 aromatic rings. The molecule has 0 aromatic heterocycles. The molecule has 1 saturated heterocycles. The summed E-state index contributed by atoms with van der Waals surface area (Å²) in [6, 6.07) is 9.75. The number of likely N-dealkylation sites (tertiary alicyclic amines) is 1. The maximum atomic E-state index is 12.0. The molecule has 4 heteroatoms. The van der Waals surface area contributed by atoms with Crippen molar-refractivity contribution < 1.29 is 4.79 Å². The first-order chi connectivity index (χ1) is 9.70. The van der Waals surface area contributed by atoms with Crippen LogP contribution >= 0.6 is 0 Å². The Balaban J connectivity index is 1.85. The molecule has 4 nitrogen and oxygen atoms in total. The Morgan fingerprint density at radius 2 is 2.25 bits per heavy atom. The van der Waals surface area contributed by atoms with Crippen molar-refractivity contribution in [3.8, 4) is 6.07 Å². The van der Waals surface area contributed by atoms with E-state index in [0.29, 0.717) is 23.7 Å². The maximum absolute atomic E-state index is 12.0. The van der Waals surface area contributed by atoms with Gasteiger partial charge >= 0.3 is 0 Å². The van der Waals surface area contributed by atoms with Gasteiger partial charge in [0, 0.05) is 19.0 Å². The molecular weight excluding hydrogens is 250 g/mol. The van der Waals surface area contributed by atoms with Crippen molar-refractivity contribution in [2.45, 2.75) is 38.6 Å². The van der Waals surface area contributed by atoms with Crippen molar-refractivity contribution in [1.29, 1.82) is 5.26 Å². The molecule has 2 rings (SSSR count). The summed E-state index contributed by atoms with van der Waals surface area (Å²) in [5.41, 5.74) is 1.11. The number of carbonyl (C=O) groups is 1. The van der Waals surface area contributed by atoms with Gasteiger partial charge in [0.25, 0.3) is 0 Å². The number of anilines is 1. The van der Waals surface area contributed by atoms with Crippen molar-refractivity contribution in [2.24, 2.45) is 0 Å². The van der Waals surface area contributed by atoms with Gasteiger partial charge in [-0.3, -0.25) is 4.79 Å². The molecule has 1 heterocycles. The van der Waals surface area contributed by atoms with Gasteiger partial charge in [-0.1, -0.05) is 18.6 Å². The van der Waals surface area contributed by atoms with Crippen LogP contribution in [0.1, 0.15) is 38.2 Å². The fourth-order valence-electron chi connectivity index (χ4n) is 2.64. The average Bonchev–Trinajstić information content (AvgIpc) is 2.47. The summed E-state index contributed by atoms with van der Waals surface area (Å²) in [6.45, 7) is 4.10. The number of hydrogen-bond acceptors (Lipinski definition) is 3. The number of amides is 1. The average molecular weight is 271 g/mol. The second-order valence-corrected chi connectivity index (χ2v) is 5.34. The molecule has 1 unspecified atom stereocenters. The predicted molar refractivity (Wildman–Crippen MR) is 79.3 cm³/mol. The normalized spacial score (nSPS) is 19.3. The standard InChI is InChI=1S/C16H21N3O/c1-13-6-4-5-10-19(13)11-9-16(20)18-15-8-3-2-7-14(15)12-17/h2-3,7-8,13H,4-6,9-11H2,1H3,(H,18,20). The van der Waals surface area contributed by atoms with Crippen molar-refractivity contribution >= 4 is 11.6 Å². The number of hydrogen-bond donors (Lipinski definition) is 1. The van der Waals surface area contributed by atoms with Crippen LogP contribution in [0, 0.1) is 11.3 Å².